The van der Waals surface area contributed by atoms with Crippen molar-refractivity contribution in [2.45, 2.75) is 25.0 Å². The quantitative estimate of drug-likeness (QED) is 0.910. The van der Waals surface area contributed by atoms with E-state index in [1.807, 2.05) is 0 Å². The van der Waals surface area contributed by atoms with Crippen molar-refractivity contribution in [3.63, 3.8) is 0 Å². The van der Waals surface area contributed by atoms with Gasteiger partial charge in [-0.2, -0.15) is 5.26 Å². The Bertz CT molecular complexity index is 478. The number of hydrogen-bond donors (Lipinski definition) is 1. The van der Waals surface area contributed by atoms with E-state index in [9.17, 15) is 4.79 Å². The summed E-state index contributed by atoms with van der Waals surface area (Å²) in [4.78, 5) is 11.9. The number of carbonyl (C=O) groups is 1. The van der Waals surface area contributed by atoms with Crippen molar-refractivity contribution in [2.24, 2.45) is 0 Å². The first-order valence-corrected chi connectivity index (χ1v) is 6.15. The topological polar surface area (TPSA) is 62.1 Å². The van der Waals surface area contributed by atoms with E-state index in [1.54, 1.807) is 24.3 Å². The van der Waals surface area contributed by atoms with E-state index < -0.39 is 12.1 Å². The van der Waals surface area contributed by atoms with Crippen molar-refractivity contribution in [3.8, 4) is 6.07 Å². The van der Waals surface area contributed by atoms with E-state index in [2.05, 4.69) is 11.4 Å². The molecule has 0 spiro atoms. The average Bonchev–Trinajstić information content (AvgIpc) is 2.89. The highest BCUT2D eigenvalue weighted by Gasteiger charge is 2.26. The van der Waals surface area contributed by atoms with Crippen LogP contribution in [0.1, 0.15) is 24.4 Å². The second kappa shape index (κ2) is 5.85. The number of nitrogens with zero attached hydrogens (tertiary/aromatic N) is 1. The molecule has 1 aromatic carbocycles. The molecule has 1 amide bonds. The van der Waals surface area contributed by atoms with Gasteiger partial charge in [-0.1, -0.05) is 23.7 Å². The minimum Gasteiger partial charge on any atom is -0.368 e. The Labute approximate surface area is 111 Å². The maximum Gasteiger partial charge on any atom is 0.250 e. The molecule has 2 rings (SSSR count). The lowest BCUT2D eigenvalue weighted by atomic mass is 10.1. The monoisotopic (exact) mass is 264 g/mol. The summed E-state index contributed by atoms with van der Waals surface area (Å²) in [6.45, 7) is 0.604. The molecule has 18 heavy (non-hydrogen) atoms. The van der Waals surface area contributed by atoms with Gasteiger partial charge < -0.3 is 10.1 Å². The van der Waals surface area contributed by atoms with Gasteiger partial charge in [-0.15, -0.1) is 0 Å². The summed E-state index contributed by atoms with van der Waals surface area (Å²) >= 11 is 5.86. The van der Waals surface area contributed by atoms with E-state index in [1.165, 1.54) is 0 Å². The molecule has 1 aliphatic heterocycles. The first-order valence-electron chi connectivity index (χ1n) is 5.78. The number of hydrogen-bond acceptors (Lipinski definition) is 3. The molecule has 0 bridgehead atoms. The lowest BCUT2D eigenvalue weighted by Gasteiger charge is -2.15. The van der Waals surface area contributed by atoms with Gasteiger partial charge in [-0.25, -0.2) is 0 Å². The molecule has 1 aliphatic rings. The van der Waals surface area contributed by atoms with Crippen LogP contribution < -0.4 is 5.32 Å². The molecule has 0 aromatic heterocycles. The van der Waals surface area contributed by atoms with Gasteiger partial charge in [0.1, 0.15) is 12.1 Å². The molecule has 4 nitrogen and oxygen atoms in total. The van der Waals surface area contributed by atoms with Crippen LogP contribution in [0.25, 0.3) is 0 Å². The standard InChI is InChI=1S/C13H13ClN2O2/c14-10-4-1-3-9(7-10)11(8-15)16-13(17)12-5-2-6-18-12/h1,3-4,7,11-12H,2,5-6H2,(H,16,17). The summed E-state index contributed by atoms with van der Waals surface area (Å²) in [5, 5.41) is 12.3. The van der Waals surface area contributed by atoms with Crippen molar-refractivity contribution in [3.05, 3.63) is 34.9 Å². The highest BCUT2D eigenvalue weighted by molar-refractivity contribution is 6.30. The maximum absolute atomic E-state index is 11.9. The Morgan fingerprint density at radius 3 is 3.06 bits per heavy atom. The van der Waals surface area contributed by atoms with Gasteiger partial charge in [0.2, 0.25) is 5.91 Å². The summed E-state index contributed by atoms with van der Waals surface area (Å²) in [6.07, 6.45) is 1.16. The minimum absolute atomic E-state index is 0.237. The number of carbonyl (C=O) groups excluding carboxylic acids is 1. The first kappa shape index (κ1) is 12.9. The summed E-state index contributed by atoms with van der Waals surface area (Å²) < 4.78 is 5.27. The summed E-state index contributed by atoms with van der Waals surface area (Å²) in [6, 6.07) is 8.26. The van der Waals surface area contributed by atoms with Crippen LogP contribution in [0, 0.1) is 11.3 Å². The molecule has 0 aliphatic carbocycles. The van der Waals surface area contributed by atoms with Gasteiger partial charge in [0.25, 0.3) is 0 Å². The fraction of sp³-hybridized carbons (Fsp3) is 0.385. The van der Waals surface area contributed by atoms with Crippen molar-refractivity contribution >= 4 is 17.5 Å². The third-order valence-corrected chi connectivity index (χ3v) is 3.05. The zero-order valence-electron chi connectivity index (χ0n) is 9.73. The van der Waals surface area contributed by atoms with E-state index >= 15 is 0 Å². The molecule has 94 valence electrons. The molecule has 1 saturated heterocycles. The van der Waals surface area contributed by atoms with Crippen molar-refractivity contribution in [1.82, 2.24) is 5.32 Å². The summed E-state index contributed by atoms with van der Waals surface area (Å²) in [5.41, 5.74) is 0.677. The average molecular weight is 265 g/mol. The van der Waals surface area contributed by atoms with Gasteiger partial charge in [0.15, 0.2) is 0 Å². The number of benzene rings is 1. The molecule has 0 saturated carbocycles. The number of nitriles is 1. The molecule has 1 aromatic rings. The molecular formula is C13H13ClN2O2. The van der Waals surface area contributed by atoms with Crippen molar-refractivity contribution < 1.29 is 9.53 Å². The second-order valence-electron chi connectivity index (χ2n) is 4.13. The van der Waals surface area contributed by atoms with Crippen molar-refractivity contribution in [1.29, 1.82) is 5.26 Å². The lowest BCUT2D eigenvalue weighted by molar-refractivity contribution is -0.130. The smallest absolute Gasteiger partial charge is 0.250 e. The number of nitrogens with one attached hydrogen (secondary N) is 1. The number of amides is 1. The molecule has 2 atom stereocenters. The molecule has 1 N–H and O–H groups in total. The molecule has 5 heteroatoms. The van der Waals surface area contributed by atoms with Crippen LogP contribution >= 0.6 is 11.6 Å². The largest absolute Gasteiger partial charge is 0.368 e. The number of ether oxygens (including phenoxy) is 1. The van der Waals surface area contributed by atoms with Crippen LogP contribution in [0.2, 0.25) is 5.02 Å². The normalized spacial score (nSPS) is 20.1. The lowest BCUT2D eigenvalue weighted by Crippen LogP contribution is -2.36. The van der Waals surface area contributed by atoms with Crippen LogP contribution in [0.5, 0.6) is 0 Å². The van der Waals surface area contributed by atoms with Gasteiger partial charge in [-0.05, 0) is 30.5 Å². The van der Waals surface area contributed by atoms with Crippen LogP contribution in [0.4, 0.5) is 0 Å². The Morgan fingerprint density at radius 2 is 2.44 bits per heavy atom. The molecule has 1 heterocycles. The SMILES string of the molecule is N#CC(NC(=O)C1CCCO1)c1cccc(Cl)c1. The Kier molecular flexibility index (Phi) is 4.19. The molecular weight excluding hydrogens is 252 g/mol. The molecule has 0 radical (unpaired) electrons. The molecule has 1 fully saturated rings. The van der Waals surface area contributed by atoms with E-state index in [0.717, 1.165) is 6.42 Å². The van der Waals surface area contributed by atoms with Crippen LogP contribution in [0.3, 0.4) is 0 Å². The highest BCUT2D eigenvalue weighted by atomic mass is 35.5. The Morgan fingerprint density at radius 1 is 1.61 bits per heavy atom. The predicted octanol–water partition coefficient (Wildman–Crippen LogP) is 2.20. The zero-order valence-corrected chi connectivity index (χ0v) is 10.5. The number of halogens is 1. The summed E-state index contributed by atoms with van der Waals surface area (Å²) in [5.74, 6) is -0.237. The fourth-order valence-corrected chi connectivity index (χ4v) is 2.09. The van der Waals surface area contributed by atoms with E-state index in [0.29, 0.717) is 23.6 Å². The second-order valence-corrected chi connectivity index (χ2v) is 4.56. The van der Waals surface area contributed by atoms with Gasteiger partial charge in [-0.3, -0.25) is 4.79 Å². The van der Waals surface area contributed by atoms with Crippen LogP contribution in [-0.4, -0.2) is 18.6 Å². The third kappa shape index (κ3) is 3.00. The summed E-state index contributed by atoms with van der Waals surface area (Å²) in [7, 11) is 0. The first-order chi connectivity index (χ1) is 8.70. The van der Waals surface area contributed by atoms with E-state index in [4.69, 9.17) is 21.6 Å². The maximum atomic E-state index is 11.9. The number of rotatable bonds is 3. The van der Waals surface area contributed by atoms with Crippen molar-refractivity contribution in [2.75, 3.05) is 6.61 Å². The highest BCUT2D eigenvalue weighted by Crippen LogP contribution is 2.19. The Hall–Kier alpha value is -1.57. The van der Waals surface area contributed by atoms with Gasteiger partial charge in [0.05, 0.1) is 6.07 Å². The van der Waals surface area contributed by atoms with Gasteiger partial charge in [0, 0.05) is 11.6 Å². The van der Waals surface area contributed by atoms with Gasteiger partial charge >= 0.3 is 0 Å². The Balaban J connectivity index is 2.05. The third-order valence-electron chi connectivity index (χ3n) is 2.82. The van der Waals surface area contributed by atoms with Crippen LogP contribution in [-0.2, 0) is 9.53 Å². The zero-order chi connectivity index (χ0) is 13.0. The fourth-order valence-electron chi connectivity index (χ4n) is 1.90. The predicted molar refractivity (Wildman–Crippen MR) is 66.9 cm³/mol. The molecule has 2 unspecified atom stereocenters. The van der Waals surface area contributed by atoms with Crippen LogP contribution in [0.15, 0.2) is 24.3 Å². The van der Waals surface area contributed by atoms with E-state index in [-0.39, 0.29) is 5.91 Å². The minimum atomic E-state index is -0.694.